The highest BCUT2D eigenvalue weighted by molar-refractivity contribution is 5.91. The van der Waals surface area contributed by atoms with Crippen molar-refractivity contribution in [2.45, 2.75) is 51.8 Å². The van der Waals surface area contributed by atoms with Gasteiger partial charge < -0.3 is 14.1 Å². The quantitative estimate of drug-likeness (QED) is 0.726. The molecule has 1 unspecified atom stereocenters. The summed E-state index contributed by atoms with van der Waals surface area (Å²) in [5.41, 5.74) is 2.36. The molecule has 0 radical (unpaired) electrons. The van der Waals surface area contributed by atoms with Crippen LogP contribution in [0.1, 0.15) is 53.1 Å². The van der Waals surface area contributed by atoms with Gasteiger partial charge in [0, 0.05) is 19.7 Å². The Balaban J connectivity index is 1.48. The Morgan fingerprint density at radius 3 is 2.71 bits per heavy atom. The van der Waals surface area contributed by atoms with Crippen LogP contribution in [0.15, 0.2) is 40.8 Å². The highest BCUT2D eigenvalue weighted by Gasteiger charge is 2.26. The molecule has 150 valence electrons. The Bertz CT molecular complexity index is 789. The van der Waals surface area contributed by atoms with Crippen LogP contribution >= 0.6 is 0 Å². The number of likely N-dealkylation sites (tertiary alicyclic amines) is 1. The van der Waals surface area contributed by atoms with Gasteiger partial charge >= 0.3 is 0 Å². The fourth-order valence-electron chi connectivity index (χ4n) is 4.14. The van der Waals surface area contributed by atoms with Crippen molar-refractivity contribution >= 4 is 5.91 Å². The van der Waals surface area contributed by atoms with E-state index < -0.39 is 0 Å². The zero-order chi connectivity index (χ0) is 19.3. The van der Waals surface area contributed by atoms with Crippen molar-refractivity contribution in [3.05, 3.63) is 59.0 Å². The number of hydrogen-bond donors (Lipinski definition) is 0. The molecule has 2 fully saturated rings. The van der Waals surface area contributed by atoms with Crippen molar-refractivity contribution in [1.29, 1.82) is 0 Å². The van der Waals surface area contributed by atoms with Crippen LogP contribution in [-0.4, -0.2) is 48.1 Å². The van der Waals surface area contributed by atoms with E-state index in [0.29, 0.717) is 18.8 Å². The van der Waals surface area contributed by atoms with Crippen LogP contribution in [0.25, 0.3) is 0 Å². The molecule has 2 aliphatic heterocycles. The number of hydrogen-bond acceptors (Lipinski definition) is 4. The van der Waals surface area contributed by atoms with E-state index in [1.54, 1.807) is 0 Å². The first-order chi connectivity index (χ1) is 13.7. The van der Waals surface area contributed by atoms with E-state index in [2.05, 4.69) is 24.0 Å². The summed E-state index contributed by atoms with van der Waals surface area (Å²) >= 11 is 0. The minimum absolute atomic E-state index is 0.0496. The number of ether oxygens (including phenoxy) is 1. The second-order valence-corrected chi connectivity index (χ2v) is 8.00. The number of rotatable bonds is 7. The minimum Gasteiger partial charge on any atom is -0.455 e. The fourth-order valence-corrected chi connectivity index (χ4v) is 4.14. The zero-order valence-electron chi connectivity index (χ0n) is 16.7. The van der Waals surface area contributed by atoms with E-state index in [4.69, 9.17) is 9.15 Å². The molecule has 0 bridgehead atoms. The van der Waals surface area contributed by atoms with Gasteiger partial charge in [-0.25, -0.2) is 0 Å². The molecule has 1 aromatic carbocycles. The van der Waals surface area contributed by atoms with Gasteiger partial charge in [0.25, 0.3) is 5.91 Å². The van der Waals surface area contributed by atoms with Crippen LogP contribution in [0.3, 0.4) is 0 Å². The Hall–Kier alpha value is -2.11. The third-order valence-electron chi connectivity index (χ3n) is 5.81. The van der Waals surface area contributed by atoms with Crippen LogP contribution in [0.5, 0.6) is 0 Å². The topological polar surface area (TPSA) is 45.9 Å². The number of furan rings is 1. The molecule has 1 aromatic heterocycles. The maximum atomic E-state index is 13.3. The number of carbonyl (C=O) groups excluding carboxylic acids is 1. The molecule has 1 atom stereocenters. The van der Waals surface area contributed by atoms with Gasteiger partial charge in [0.1, 0.15) is 5.76 Å². The van der Waals surface area contributed by atoms with Gasteiger partial charge in [-0.15, -0.1) is 0 Å². The van der Waals surface area contributed by atoms with Gasteiger partial charge in [-0.1, -0.05) is 24.3 Å². The number of carbonyl (C=O) groups is 1. The average molecular weight is 383 g/mol. The molecule has 2 aliphatic rings. The number of nitrogens with zero attached hydrogens (tertiary/aromatic N) is 2. The molecule has 0 N–H and O–H groups in total. The highest BCUT2D eigenvalue weighted by Crippen LogP contribution is 2.21. The summed E-state index contributed by atoms with van der Waals surface area (Å²) in [6, 6.07) is 12.0. The van der Waals surface area contributed by atoms with Crippen LogP contribution < -0.4 is 0 Å². The molecule has 28 heavy (non-hydrogen) atoms. The first-order valence-electron chi connectivity index (χ1n) is 10.5. The predicted octanol–water partition coefficient (Wildman–Crippen LogP) is 4.01. The second-order valence-electron chi connectivity index (χ2n) is 8.00. The lowest BCUT2D eigenvalue weighted by molar-refractivity contribution is 0.0481. The Morgan fingerprint density at radius 2 is 1.96 bits per heavy atom. The van der Waals surface area contributed by atoms with Crippen LogP contribution in [-0.2, 0) is 17.8 Å². The molecule has 0 aliphatic carbocycles. The first-order valence-corrected chi connectivity index (χ1v) is 10.5. The number of benzene rings is 1. The third-order valence-corrected chi connectivity index (χ3v) is 5.81. The van der Waals surface area contributed by atoms with Gasteiger partial charge in [-0.05, 0) is 69.0 Å². The van der Waals surface area contributed by atoms with Crippen molar-refractivity contribution in [3.8, 4) is 0 Å². The van der Waals surface area contributed by atoms with Crippen molar-refractivity contribution < 1.29 is 13.9 Å². The lowest BCUT2D eigenvalue weighted by atomic mass is 10.1. The SMILES string of the molecule is Cc1ccccc1CN(CC1CCCO1)C(=O)c1ccc(CN2CCCC2)o1. The normalized spacial score (nSPS) is 20.0. The van der Waals surface area contributed by atoms with Crippen LogP contribution in [0.2, 0.25) is 0 Å². The molecule has 2 aromatic rings. The Labute approximate surface area is 167 Å². The van der Waals surface area contributed by atoms with Crippen LogP contribution in [0.4, 0.5) is 0 Å². The Kier molecular flexibility index (Phi) is 6.13. The number of aryl methyl sites for hydroxylation is 1. The predicted molar refractivity (Wildman–Crippen MR) is 108 cm³/mol. The Morgan fingerprint density at radius 1 is 1.14 bits per heavy atom. The summed E-state index contributed by atoms with van der Waals surface area (Å²) in [6.45, 7) is 7.08. The molecule has 2 saturated heterocycles. The van der Waals surface area contributed by atoms with Crippen molar-refractivity contribution in [2.75, 3.05) is 26.2 Å². The molecule has 3 heterocycles. The van der Waals surface area contributed by atoms with Crippen molar-refractivity contribution in [3.63, 3.8) is 0 Å². The fraction of sp³-hybridized carbons (Fsp3) is 0.522. The smallest absolute Gasteiger partial charge is 0.289 e. The van der Waals surface area contributed by atoms with Gasteiger partial charge in [0.05, 0.1) is 12.6 Å². The van der Waals surface area contributed by atoms with Gasteiger partial charge in [-0.3, -0.25) is 9.69 Å². The molecular weight excluding hydrogens is 352 g/mol. The summed E-state index contributed by atoms with van der Waals surface area (Å²) in [4.78, 5) is 17.5. The summed E-state index contributed by atoms with van der Waals surface area (Å²) in [7, 11) is 0. The largest absolute Gasteiger partial charge is 0.455 e. The standard InChI is InChI=1S/C23H30N2O3/c1-18-7-2-3-8-19(18)15-25(17-20-9-6-14-27-20)23(26)22-11-10-21(28-22)16-24-12-4-5-13-24/h2-3,7-8,10-11,20H,4-6,9,12-17H2,1H3. The molecule has 1 amide bonds. The van der Waals surface area contributed by atoms with E-state index in [0.717, 1.165) is 50.4 Å². The lowest BCUT2D eigenvalue weighted by Crippen LogP contribution is -2.37. The minimum atomic E-state index is -0.0496. The molecule has 5 nitrogen and oxygen atoms in total. The van der Waals surface area contributed by atoms with E-state index in [9.17, 15) is 4.79 Å². The monoisotopic (exact) mass is 382 g/mol. The molecule has 0 saturated carbocycles. The first kappa shape index (κ1) is 19.2. The summed E-state index contributed by atoms with van der Waals surface area (Å²) in [6.07, 6.45) is 4.69. The van der Waals surface area contributed by atoms with Gasteiger partial charge in [0.15, 0.2) is 5.76 Å². The van der Waals surface area contributed by atoms with Crippen molar-refractivity contribution in [2.24, 2.45) is 0 Å². The maximum Gasteiger partial charge on any atom is 0.289 e. The number of amides is 1. The average Bonchev–Trinajstić information content (AvgIpc) is 3.46. The second kappa shape index (κ2) is 8.93. The van der Waals surface area contributed by atoms with Crippen molar-refractivity contribution in [1.82, 2.24) is 9.80 Å². The lowest BCUT2D eigenvalue weighted by Gasteiger charge is -2.25. The highest BCUT2D eigenvalue weighted by atomic mass is 16.5. The summed E-state index contributed by atoms with van der Waals surface area (Å²) < 4.78 is 11.7. The maximum absolute atomic E-state index is 13.3. The van der Waals surface area contributed by atoms with E-state index >= 15 is 0 Å². The third kappa shape index (κ3) is 4.65. The molecule has 5 heteroatoms. The summed E-state index contributed by atoms with van der Waals surface area (Å²) in [5, 5.41) is 0. The zero-order valence-corrected chi connectivity index (χ0v) is 16.7. The molecule has 4 rings (SSSR count). The van der Waals surface area contributed by atoms with E-state index in [1.807, 2.05) is 29.2 Å². The van der Waals surface area contributed by atoms with Gasteiger partial charge in [0.2, 0.25) is 0 Å². The van der Waals surface area contributed by atoms with E-state index in [-0.39, 0.29) is 12.0 Å². The van der Waals surface area contributed by atoms with E-state index in [1.165, 1.54) is 18.4 Å². The molecule has 0 spiro atoms. The van der Waals surface area contributed by atoms with Crippen LogP contribution in [0, 0.1) is 6.92 Å². The molecular formula is C23H30N2O3. The van der Waals surface area contributed by atoms with Gasteiger partial charge in [-0.2, -0.15) is 0 Å². The summed E-state index contributed by atoms with van der Waals surface area (Å²) in [5.74, 6) is 1.26.